The van der Waals surface area contributed by atoms with Gasteiger partial charge in [-0.2, -0.15) is 8.78 Å². The highest BCUT2D eigenvalue weighted by Crippen LogP contribution is 2.41. The van der Waals surface area contributed by atoms with Crippen LogP contribution in [0.2, 0.25) is 0 Å². The van der Waals surface area contributed by atoms with Crippen LogP contribution in [-0.4, -0.2) is 23.8 Å². The molecule has 1 saturated heterocycles. The fraction of sp³-hybridized carbons (Fsp3) is 0.733. The summed E-state index contributed by atoms with van der Waals surface area (Å²) < 4.78 is 32.2. The van der Waals surface area contributed by atoms with E-state index in [1.54, 1.807) is 6.08 Å². The molecule has 3 unspecified atom stereocenters. The lowest BCUT2D eigenvalue weighted by Gasteiger charge is -2.14. The Kier molecular flexibility index (Phi) is 4.55. The Morgan fingerprint density at radius 2 is 2.20 bits per heavy atom. The molecular formula is C15H20F2O3. The summed E-state index contributed by atoms with van der Waals surface area (Å²) in [6.07, 6.45) is 4.92. The molecule has 0 amide bonds. The number of unbranched alkanes of at least 4 members (excludes halogenated alkanes) is 1. The lowest BCUT2D eigenvalue weighted by molar-refractivity contribution is -0.141. The van der Waals surface area contributed by atoms with Gasteiger partial charge in [0.25, 0.3) is 0 Å². The average molecular weight is 286 g/mol. The van der Waals surface area contributed by atoms with Gasteiger partial charge in [-0.1, -0.05) is 19.4 Å². The molecule has 0 bridgehead atoms. The first-order valence-electron chi connectivity index (χ1n) is 7.24. The molecule has 20 heavy (non-hydrogen) atoms. The zero-order valence-electron chi connectivity index (χ0n) is 11.6. The van der Waals surface area contributed by atoms with Crippen LogP contribution in [0.4, 0.5) is 8.78 Å². The first-order valence-corrected chi connectivity index (χ1v) is 7.24. The van der Waals surface area contributed by atoms with E-state index in [4.69, 9.17) is 4.74 Å². The molecule has 0 aromatic heterocycles. The van der Waals surface area contributed by atoms with E-state index in [1.807, 2.05) is 6.92 Å². The van der Waals surface area contributed by atoms with Crippen molar-refractivity contribution in [2.45, 2.75) is 57.5 Å². The summed E-state index contributed by atoms with van der Waals surface area (Å²) in [4.78, 5) is 22.7. The second kappa shape index (κ2) is 6.02. The molecule has 0 spiro atoms. The quantitative estimate of drug-likeness (QED) is 0.556. The summed E-state index contributed by atoms with van der Waals surface area (Å²) in [5.41, 5.74) is 0. The molecule has 1 aliphatic heterocycles. The molecule has 2 fully saturated rings. The second-order valence-corrected chi connectivity index (χ2v) is 5.67. The monoisotopic (exact) mass is 286 g/mol. The van der Waals surface area contributed by atoms with Gasteiger partial charge in [0.2, 0.25) is 5.78 Å². The van der Waals surface area contributed by atoms with Gasteiger partial charge in [0.1, 0.15) is 6.10 Å². The fourth-order valence-corrected chi connectivity index (χ4v) is 2.99. The van der Waals surface area contributed by atoms with Crippen molar-refractivity contribution >= 4 is 11.8 Å². The number of hydrogen-bond donors (Lipinski definition) is 0. The minimum absolute atomic E-state index is 0.00243. The van der Waals surface area contributed by atoms with E-state index in [0.717, 1.165) is 18.9 Å². The summed E-state index contributed by atoms with van der Waals surface area (Å²) in [6, 6.07) is 0. The molecule has 0 aromatic rings. The number of hydrogen-bond acceptors (Lipinski definition) is 3. The van der Waals surface area contributed by atoms with Gasteiger partial charge in [0, 0.05) is 12.3 Å². The Labute approximate surface area is 117 Å². The van der Waals surface area contributed by atoms with Crippen LogP contribution < -0.4 is 0 Å². The normalized spacial score (nSPS) is 29.8. The molecule has 0 N–H and O–H groups in total. The van der Waals surface area contributed by atoms with Gasteiger partial charge in [-0.3, -0.25) is 9.59 Å². The van der Waals surface area contributed by atoms with Crippen molar-refractivity contribution < 1.29 is 23.1 Å². The predicted molar refractivity (Wildman–Crippen MR) is 69.3 cm³/mol. The van der Waals surface area contributed by atoms with Crippen LogP contribution in [0, 0.1) is 11.8 Å². The highest BCUT2D eigenvalue weighted by atomic mass is 19.3. The smallest absolute Gasteiger partial charge is 0.309 e. The molecule has 5 heteroatoms. The van der Waals surface area contributed by atoms with E-state index in [-0.39, 0.29) is 23.9 Å². The predicted octanol–water partition coefficient (Wildman–Crippen LogP) is 3.28. The Bertz CT molecular complexity index is 417. The van der Waals surface area contributed by atoms with Gasteiger partial charge >= 0.3 is 11.9 Å². The number of rotatable bonds is 6. The minimum atomic E-state index is -3.27. The number of carbonyl (C=O) groups is 2. The molecule has 0 radical (unpaired) electrons. The van der Waals surface area contributed by atoms with Crippen LogP contribution in [0.1, 0.15) is 45.4 Å². The Balaban J connectivity index is 1.92. The topological polar surface area (TPSA) is 43.4 Å². The van der Waals surface area contributed by atoms with Gasteiger partial charge in [-0.15, -0.1) is 0 Å². The van der Waals surface area contributed by atoms with Gasteiger partial charge in [0.15, 0.2) is 0 Å². The molecular weight excluding hydrogens is 266 g/mol. The molecule has 112 valence electrons. The standard InChI is InChI=1S/C15H20F2O3/c1-2-3-8-15(16,17)13(18)7-5-10-4-6-12-11(10)9-14(19)20-12/h5,7,10-12H,2-4,6,8-9H2,1H3. The first-order chi connectivity index (χ1) is 9.44. The van der Waals surface area contributed by atoms with E-state index >= 15 is 0 Å². The third-order valence-electron chi connectivity index (χ3n) is 4.20. The van der Waals surface area contributed by atoms with E-state index in [1.165, 1.54) is 0 Å². The lowest BCUT2D eigenvalue weighted by Crippen LogP contribution is -2.27. The maximum absolute atomic E-state index is 13.5. The van der Waals surface area contributed by atoms with Crippen LogP contribution in [-0.2, 0) is 14.3 Å². The molecule has 2 aliphatic rings. The van der Waals surface area contributed by atoms with Crippen molar-refractivity contribution in [1.29, 1.82) is 0 Å². The van der Waals surface area contributed by atoms with Crippen LogP contribution in [0.25, 0.3) is 0 Å². The van der Waals surface area contributed by atoms with Crippen molar-refractivity contribution in [1.82, 2.24) is 0 Å². The molecule has 1 saturated carbocycles. The summed E-state index contributed by atoms with van der Waals surface area (Å²) in [5.74, 6) is -4.57. The van der Waals surface area contributed by atoms with E-state index in [0.29, 0.717) is 19.3 Å². The second-order valence-electron chi connectivity index (χ2n) is 5.67. The third kappa shape index (κ3) is 3.25. The number of esters is 1. The molecule has 0 aromatic carbocycles. The Morgan fingerprint density at radius 1 is 1.45 bits per heavy atom. The maximum Gasteiger partial charge on any atom is 0.309 e. The molecule has 2 rings (SSSR count). The number of alkyl halides is 2. The first kappa shape index (κ1) is 15.1. The average Bonchev–Trinajstić information content (AvgIpc) is 2.93. The number of carbonyl (C=O) groups excluding carboxylic acids is 2. The number of ketones is 1. The maximum atomic E-state index is 13.5. The van der Waals surface area contributed by atoms with Crippen LogP contribution in [0.3, 0.4) is 0 Å². The molecule has 3 atom stereocenters. The summed E-state index contributed by atoms with van der Waals surface area (Å²) >= 11 is 0. The van der Waals surface area contributed by atoms with Gasteiger partial charge in [0.05, 0.1) is 6.42 Å². The third-order valence-corrected chi connectivity index (χ3v) is 4.20. The number of halogens is 2. The van der Waals surface area contributed by atoms with Crippen molar-refractivity contribution in [2.75, 3.05) is 0 Å². The minimum Gasteiger partial charge on any atom is -0.462 e. The van der Waals surface area contributed by atoms with Crippen LogP contribution in [0.5, 0.6) is 0 Å². The van der Waals surface area contributed by atoms with Gasteiger partial charge in [-0.05, 0) is 31.3 Å². The van der Waals surface area contributed by atoms with Crippen LogP contribution in [0.15, 0.2) is 12.2 Å². The highest BCUT2D eigenvalue weighted by molar-refractivity contribution is 5.95. The van der Waals surface area contributed by atoms with E-state index in [2.05, 4.69) is 0 Å². The van der Waals surface area contributed by atoms with Crippen molar-refractivity contribution in [2.24, 2.45) is 11.8 Å². The fourth-order valence-electron chi connectivity index (χ4n) is 2.99. The van der Waals surface area contributed by atoms with Crippen molar-refractivity contribution in [3.05, 3.63) is 12.2 Å². The van der Waals surface area contributed by atoms with E-state index < -0.39 is 18.1 Å². The summed E-state index contributed by atoms with van der Waals surface area (Å²) in [7, 11) is 0. The largest absolute Gasteiger partial charge is 0.462 e. The highest BCUT2D eigenvalue weighted by Gasteiger charge is 2.44. The zero-order valence-corrected chi connectivity index (χ0v) is 11.6. The Morgan fingerprint density at radius 3 is 2.90 bits per heavy atom. The summed E-state index contributed by atoms with van der Waals surface area (Å²) in [5, 5.41) is 0. The SMILES string of the molecule is CCCCC(F)(F)C(=O)C=CC1CCC2OC(=O)CC12. The van der Waals surface area contributed by atoms with Gasteiger partial charge < -0.3 is 4.74 Å². The van der Waals surface area contributed by atoms with Gasteiger partial charge in [-0.25, -0.2) is 0 Å². The molecule has 1 aliphatic carbocycles. The number of ether oxygens (including phenoxy) is 1. The van der Waals surface area contributed by atoms with Crippen LogP contribution >= 0.6 is 0 Å². The van der Waals surface area contributed by atoms with E-state index in [9.17, 15) is 18.4 Å². The Hall–Kier alpha value is -1.26. The lowest BCUT2D eigenvalue weighted by atomic mass is 9.92. The van der Waals surface area contributed by atoms with Crippen molar-refractivity contribution in [3.63, 3.8) is 0 Å². The van der Waals surface area contributed by atoms with Crippen molar-refractivity contribution in [3.8, 4) is 0 Å². The number of allylic oxidation sites excluding steroid dienone is 2. The zero-order chi connectivity index (χ0) is 14.8. The molecule has 3 nitrogen and oxygen atoms in total. The number of fused-ring (bicyclic) bond motifs is 1. The molecule has 1 heterocycles. The summed E-state index contributed by atoms with van der Waals surface area (Å²) in [6.45, 7) is 1.81.